The summed E-state index contributed by atoms with van der Waals surface area (Å²) < 4.78 is 2.41. The molecule has 0 spiro atoms. The fourth-order valence-corrected chi connectivity index (χ4v) is 5.14. The average molecular weight is 452 g/mol. The van der Waals surface area contributed by atoms with Crippen LogP contribution in [0.3, 0.4) is 0 Å². The number of nitrogens with zero attached hydrogens (tertiary/aromatic N) is 4. The van der Waals surface area contributed by atoms with Crippen molar-refractivity contribution in [3.05, 3.63) is 41.0 Å². The van der Waals surface area contributed by atoms with Crippen LogP contribution < -0.4 is 5.32 Å². The first-order chi connectivity index (χ1) is 15.6. The second-order valence-corrected chi connectivity index (χ2v) is 11.6. The van der Waals surface area contributed by atoms with E-state index in [9.17, 15) is 4.79 Å². The fraction of sp³-hybridized carbons (Fsp3) is 0.667. The van der Waals surface area contributed by atoms with E-state index in [2.05, 4.69) is 73.7 Å². The summed E-state index contributed by atoms with van der Waals surface area (Å²) >= 11 is 0. The molecule has 1 N–H and O–H groups in total. The molecule has 2 atom stereocenters. The number of benzene rings is 1. The number of rotatable bonds is 7. The summed E-state index contributed by atoms with van der Waals surface area (Å²) in [5.41, 5.74) is 3.55. The smallest absolute Gasteiger partial charge is 0.229 e. The molecule has 1 saturated carbocycles. The molecule has 0 unspecified atom stereocenters. The average Bonchev–Trinajstić information content (AvgIpc) is 3.49. The Morgan fingerprint density at radius 2 is 1.91 bits per heavy atom. The lowest BCUT2D eigenvalue weighted by Crippen LogP contribution is -2.43. The van der Waals surface area contributed by atoms with Crippen LogP contribution in [0.15, 0.2) is 18.2 Å². The second kappa shape index (κ2) is 9.57. The molecule has 180 valence electrons. The van der Waals surface area contributed by atoms with Crippen LogP contribution in [0.2, 0.25) is 0 Å². The third-order valence-electron chi connectivity index (χ3n) is 7.16. The van der Waals surface area contributed by atoms with Gasteiger partial charge in [0.2, 0.25) is 5.91 Å². The summed E-state index contributed by atoms with van der Waals surface area (Å²) in [5.74, 6) is 2.23. The molecule has 6 heteroatoms. The van der Waals surface area contributed by atoms with Crippen LogP contribution in [-0.2, 0) is 11.2 Å². The van der Waals surface area contributed by atoms with Gasteiger partial charge in [0.15, 0.2) is 0 Å². The standard InChI is InChI=1S/C27H41N5O/c1-18-9-12-23(19(2)16-18)28-26(33)22-17-31(6)15-13-21(22)25-30-29-24(32(25)20-10-11-20)8-7-14-27(3,4)5/h9,12,16,20-22H,7-8,10-11,13-15,17H2,1-6H3,(H,28,33)/t21-,22-/m0/s1. The van der Waals surface area contributed by atoms with E-state index in [0.29, 0.717) is 11.5 Å². The monoisotopic (exact) mass is 451 g/mol. The summed E-state index contributed by atoms with van der Waals surface area (Å²) in [6.45, 7) is 12.7. The van der Waals surface area contributed by atoms with Crippen molar-refractivity contribution in [1.82, 2.24) is 19.7 Å². The Morgan fingerprint density at radius 1 is 1.15 bits per heavy atom. The summed E-state index contributed by atoms with van der Waals surface area (Å²) in [5, 5.41) is 12.6. The highest BCUT2D eigenvalue weighted by Gasteiger charge is 2.40. The first-order valence-electron chi connectivity index (χ1n) is 12.6. The molecule has 2 fully saturated rings. The van der Waals surface area contributed by atoms with Gasteiger partial charge in [0.1, 0.15) is 11.6 Å². The van der Waals surface area contributed by atoms with Crippen molar-refractivity contribution in [3.63, 3.8) is 0 Å². The maximum Gasteiger partial charge on any atom is 0.229 e. The number of carbonyl (C=O) groups excluding carboxylic acids is 1. The highest BCUT2D eigenvalue weighted by molar-refractivity contribution is 5.94. The lowest BCUT2D eigenvalue weighted by atomic mass is 9.84. The van der Waals surface area contributed by atoms with E-state index in [1.807, 2.05) is 6.07 Å². The van der Waals surface area contributed by atoms with E-state index in [1.54, 1.807) is 0 Å². The first kappa shape index (κ1) is 23.9. The molecular formula is C27H41N5O. The molecule has 6 nitrogen and oxygen atoms in total. The van der Waals surface area contributed by atoms with Gasteiger partial charge in [-0.05, 0) is 76.6 Å². The van der Waals surface area contributed by atoms with Crippen molar-refractivity contribution in [1.29, 1.82) is 0 Å². The molecule has 2 heterocycles. The van der Waals surface area contributed by atoms with E-state index >= 15 is 0 Å². The Kier molecular flexibility index (Phi) is 6.94. The molecule has 1 saturated heterocycles. The molecule has 1 aromatic heterocycles. The predicted molar refractivity (Wildman–Crippen MR) is 134 cm³/mol. The Bertz CT molecular complexity index is 985. The van der Waals surface area contributed by atoms with Crippen LogP contribution in [0, 0.1) is 25.2 Å². The predicted octanol–water partition coefficient (Wildman–Crippen LogP) is 5.27. The molecule has 1 aliphatic carbocycles. The number of aryl methyl sites for hydroxylation is 3. The number of piperidine rings is 1. The molecule has 1 aliphatic heterocycles. The minimum atomic E-state index is -0.131. The van der Waals surface area contributed by atoms with Gasteiger partial charge >= 0.3 is 0 Å². The summed E-state index contributed by atoms with van der Waals surface area (Å²) in [6, 6.07) is 6.71. The number of likely N-dealkylation sites (tertiary alicyclic amines) is 1. The molecule has 4 rings (SSSR count). The fourth-order valence-electron chi connectivity index (χ4n) is 5.14. The van der Waals surface area contributed by atoms with Crippen molar-refractivity contribution in [2.24, 2.45) is 11.3 Å². The highest BCUT2D eigenvalue weighted by atomic mass is 16.2. The minimum absolute atomic E-state index is 0.0955. The lowest BCUT2D eigenvalue weighted by molar-refractivity contribution is -0.122. The van der Waals surface area contributed by atoms with Gasteiger partial charge in [-0.2, -0.15) is 0 Å². The Labute approximate surface area is 199 Å². The highest BCUT2D eigenvalue weighted by Crippen LogP contribution is 2.41. The van der Waals surface area contributed by atoms with Crippen LogP contribution in [0.25, 0.3) is 0 Å². The van der Waals surface area contributed by atoms with Crippen LogP contribution in [0.5, 0.6) is 0 Å². The van der Waals surface area contributed by atoms with E-state index < -0.39 is 0 Å². The van der Waals surface area contributed by atoms with Crippen molar-refractivity contribution >= 4 is 11.6 Å². The van der Waals surface area contributed by atoms with E-state index in [0.717, 1.165) is 55.3 Å². The van der Waals surface area contributed by atoms with Gasteiger partial charge in [0.05, 0.1) is 5.92 Å². The maximum absolute atomic E-state index is 13.5. The van der Waals surface area contributed by atoms with Gasteiger partial charge in [0.25, 0.3) is 0 Å². The number of hydrogen-bond donors (Lipinski definition) is 1. The van der Waals surface area contributed by atoms with E-state index in [-0.39, 0.29) is 17.7 Å². The van der Waals surface area contributed by atoms with Gasteiger partial charge in [-0.3, -0.25) is 4.79 Å². The van der Waals surface area contributed by atoms with E-state index in [4.69, 9.17) is 5.10 Å². The summed E-state index contributed by atoms with van der Waals surface area (Å²) in [7, 11) is 2.11. The zero-order valence-electron chi connectivity index (χ0n) is 21.3. The first-order valence-corrected chi connectivity index (χ1v) is 12.6. The number of amides is 1. The zero-order chi connectivity index (χ0) is 23.8. The molecule has 0 bridgehead atoms. The molecular weight excluding hydrogens is 410 g/mol. The minimum Gasteiger partial charge on any atom is -0.326 e. The van der Waals surface area contributed by atoms with Crippen molar-refractivity contribution in [2.45, 2.75) is 85.1 Å². The zero-order valence-corrected chi connectivity index (χ0v) is 21.3. The van der Waals surface area contributed by atoms with Crippen LogP contribution in [0.4, 0.5) is 5.69 Å². The number of aromatic nitrogens is 3. The van der Waals surface area contributed by atoms with Gasteiger partial charge in [-0.25, -0.2) is 0 Å². The lowest BCUT2D eigenvalue weighted by Gasteiger charge is -2.35. The van der Waals surface area contributed by atoms with Crippen molar-refractivity contribution < 1.29 is 4.79 Å². The molecule has 2 aliphatic rings. The van der Waals surface area contributed by atoms with Crippen LogP contribution in [0.1, 0.15) is 87.6 Å². The SMILES string of the molecule is Cc1ccc(NC(=O)[C@H]2CN(C)CC[C@@H]2c2nnc(CCCC(C)(C)C)n2C2CC2)c(C)c1. The Balaban J connectivity index is 1.56. The maximum atomic E-state index is 13.5. The number of carbonyl (C=O) groups is 1. The van der Waals surface area contributed by atoms with Crippen LogP contribution >= 0.6 is 0 Å². The molecule has 0 radical (unpaired) electrons. The van der Waals surface area contributed by atoms with Gasteiger partial charge in [0, 0.05) is 30.6 Å². The summed E-state index contributed by atoms with van der Waals surface area (Å²) in [4.78, 5) is 15.8. The third kappa shape index (κ3) is 5.84. The van der Waals surface area contributed by atoms with Crippen molar-refractivity contribution in [2.75, 3.05) is 25.5 Å². The molecule has 2 aromatic rings. The Hall–Kier alpha value is -2.21. The van der Waals surface area contributed by atoms with Gasteiger partial charge in [-0.15, -0.1) is 10.2 Å². The van der Waals surface area contributed by atoms with Gasteiger partial charge < -0.3 is 14.8 Å². The van der Waals surface area contributed by atoms with Crippen molar-refractivity contribution in [3.8, 4) is 0 Å². The summed E-state index contributed by atoms with van der Waals surface area (Å²) in [6.07, 6.45) is 6.60. The molecule has 33 heavy (non-hydrogen) atoms. The quantitative estimate of drug-likeness (QED) is 0.623. The molecule has 1 amide bonds. The largest absolute Gasteiger partial charge is 0.326 e. The van der Waals surface area contributed by atoms with E-state index in [1.165, 1.54) is 24.8 Å². The Morgan fingerprint density at radius 3 is 2.58 bits per heavy atom. The van der Waals surface area contributed by atoms with Gasteiger partial charge in [-0.1, -0.05) is 38.5 Å². The number of anilines is 1. The normalized spacial score (nSPS) is 21.9. The third-order valence-corrected chi connectivity index (χ3v) is 7.16. The van der Waals surface area contributed by atoms with Crippen LogP contribution in [-0.4, -0.2) is 45.7 Å². The molecule has 1 aromatic carbocycles. The topological polar surface area (TPSA) is 63.1 Å². The number of nitrogens with one attached hydrogen (secondary N) is 1. The number of hydrogen-bond acceptors (Lipinski definition) is 4. The second-order valence-electron chi connectivity index (χ2n) is 11.6.